The lowest BCUT2D eigenvalue weighted by molar-refractivity contribution is 0.161. The van der Waals surface area contributed by atoms with Gasteiger partial charge in [0.2, 0.25) is 1.61 Å². The van der Waals surface area contributed by atoms with E-state index in [1.54, 1.807) is 0 Å². The highest BCUT2D eigenvalue weighted by molar-refractivity contribution is 14.3. The molecule has 0 aromatic carbocycles. The summed E-state index contributed by atoms with van der Waals surface area (Å²) in [6.07, 6.45) is 0. The molecule has 0 aromatic rings. The minimum absolute atomic E-state index is 0.0246. The van der Waals surface area contributed by atoms with Gasteiger partial charge in [-0.2, -0.15) is 0 Å². The molecule has 0 unspecified atom stereocenters. The van der Waals surface area contributed by atoms with Crippen LogP contribution < -0.4 is 0 Å². The van der Waals surface area contributed by atoms with Crippen molar-refractivity contribution in [3.63, 3.8) is 0 Å². The van der Waals surface area contributed by atoms with Crippen LogP contribution in [-0.2, 0) is 5.11 Å². The molecule has 0 fully saturated rings. The fourth-order valence-electron chi connectivity index (χ4n) is 0.755. The van der Waals surface area contributed by atoms with E-state index in [1.165, 1.54) is 0 Å². The van der Waals surface area contributed by atoms with E-state index in [1.807, 2.05) is 45.2 Å². The molecule has 20 heavy (non-hydrogen) atoms. The number of hydrogen-bond donors (Lipinski definition) is 0. The average molecular weight is 1740 g/mol. The molecular weight excluding hydrogens is 1740 g/mol. The zero-order valence-electron chi connectivity index (χ0n) is 8.32. The van der Waals surface area contributed by atoms with E-state index in [0.717, 1.165) is 0 Å². The first-order chi connectivity index (χ1) is 8.25. The van der Waals surface area contributed by atoms with Crippen LogP contribution in [0.15, 0.2) is 0 Å². The molecule has 0 aliphatic heterocycles. The number of rotatable bonds is 5. The second-order valence-corrected chi connectivity index (χ2v) is 40.7. The van der Waals surface area contributed by atoms with Gasteiger partial charge in [-0.15, -0.1) is 0 Å². The molecule has 1 nitrogen and oxygen atoms in total. The first kappa shape index (κ1) is 29.5. The molecule has 0 aromatic heterocycles. The summed E-state index contributed by atoms with van der Waals surface area (Å²) in [6, 6.07) is 0. The van der Waals surface area contributed by atoms with Gasteiger partial charge in [-0.3, -0.25) is 0 Å². The van der Waals surface area contributed by atoms with Crippen LogP contribution in [0.4, 0.5) is 0 Å². The maximum atomic E-state index is 12.7. The molecule has 0 bridgehead atoms. The van der Waals surface area contributed by atoms with Gasteiger partial charge in [0.15, 0.2) is 0 Å². The summed E-state index contributed by atoms with van der Waals surface area (Å²) in [4.78, 5) is 0. The van der Waals surface area contributed by atoms with E-state index in [0.29, 0.717) is 0 Å². The van der Waals surface area contributed by atoms with E-state index < -0.39 is 3.04 Å². The number of halogens is 13. The van der Waals surface area contributed by atoms with Crippen molar-refractivity contribution < 1.29 is 5.11 Å². The van der Waals surface area contributed by atoms with Crippen LogP contribution in [-0.4, -0.2) is 6.76 Å². The van der Waals surface area contributed by atoms with Gasteiger partial charge in [-0.25, -0.2) is 5.11 Å². The predicted octanol–water partition coefficient (Wildman–Crippen LogP) is 10.2. The maximum Gasteiger partial charge on any atom is 0.229 e. The SMILES string of the molecule is [O]C(I)(I)C(I)(I)C(I)(I)C(I)(I)C(I)(I)C(I)(I)I. The minimum Gasteiger partial charge on any atom is -0.204 e. The van der Waals surface area contributed by atoms with Gasteiger partial charge in [0.1, 0.15) is 5.15 Å². The van der Waals surface area contributed by atoms with E-state index in [2.05, 4.69) is 248 Å². The standard InChI is InChI=1S/C6I13O/c7-1(8,3(11,12)5(15,16)17)2(9,10)4(13,14)6(18,19)20. The van der Waals surface area contributed by atoms with Crippen molar-refractivity contribution in [2.45, 2.75) is 6.76 Å². The van der Waals surface area contributed by atoms with E-state index in [4.69, 9.17) is 0 Å². The van der Waals surface area contributed by atoms with Crippen LogP contribution in [0.1, 0.15) is 0 Å². The van der Waals surface area contributed by atoms with Crippen LogP contribution in [0.3, 0.4) is 0 Å². The van der Waals surface area contributed by atoms with Gasteiger partial charge in [-0.05, 0) is 45.2 Å². The molecule has 0 spiro atoms. The van der Waals surface area contributed by atoms with E-state index in [9.17, 15) is 5.11 Å². The Labute approximate surface area is 296 Å². The Kier molecular flexibility index (Phi) is 15.3. The Balaban J connectivity index is 6.08. The zero-order chi connectivity index (χ0) is 17.0. The Morgan fingerprint density at radius 3 is 0.850 bits per heavy atom. The summed E-state index contributed by atoms with van der Waals surface area (Å²) >= 11 is 31.3. The lowest BCUT2D eigenvalue weighted by atomic mass is 10.2. The summed E-state index contributed by atoms with van der Waals surface area (Å²) in [7, 11) is 0. The van der Waals surface area contributed by atoms with Gasteiger partial charge in [0.05, 0.1) is 0 Å². The fraction of sp³-hybridized carbons (Fsp3) is 1.00. The molecule has 121 valence electrons. The van der Waals surface area contributed by atoms with Crippen molar-refractivity contribution in [3.8, 4) is 0 Å². The van der Waals surface area contributed by atoms with Crippen LogP contribution in [0.25, 0.3) is 0 Å². The molecule has 0 saturated carbocycles. The van der Waals surface area contributed by atoms with Crippen LogP contribution >= 0.6 is 294 Å². The topological polar surface area (TPSA) is 19.9 Å². The van der Waals surface area contributed by atoms with Crippen LogP contribution in [0.5, 0.6) is 0 Å². The summed E-state index contributed by atoms with van der Waals surface area (Å²) in [5, 5.41) is 12.7. The Morgan fingerprint density at radius 1 is 0.400 bits per heavy atom. The highest BCUT2D eigenvalue weighted by Gasteiger charge is 2.72. The Bertz CT molecular complexity index is 324. The monoisotopic (exact) mass is 1740 g/mol. The van der Waals surface area contributed by atoms with Gasteiger partial charge in [0.25, 0.3) is 0 Å². The quantitative estimate of drug-likeness (QED) is 0.193. The smallest absolute Gasteiger partial charge is 0.204 e. The lowest BCUT2D eigenvalue weighted by Gasteiger charge is -2.53. The normalized spacial score (nSPS) is 16.5. The molecule has 0 atom stereocenters. The third-order valence-corrected chi connectivity index (χ3v) is 41.5. The first-order valence-corrected chi connectivity index (χ1v) is 17.9. The molecule has 0 aliphatic rings. The predicted molar refractivity (Wildman–Crippen MR) is 199 cm³/mol. The molecule has 0 saturated heterocycles. The molecule has 0 aliphatic carbocycles. The summed E-state index contributed by atoms with van der Waals surface area (Å²) < 4.78 is -1.98. The van der Waals surface area contributed by atoms with Crippen molar-refractivity contribution in [2.24, 2.45) is 0 Å². The highest BCUT2D eigenvalue weighted by Crippen LogP contribution is 2.75. The van der Waals surface area contributed by atoms with Crippen LogP contribution in [0, 0.1) is 0 Å². The average Bonchev–Trinajstić information content (AvgIpc) is 2.12. The summed E-state index contributed by atoms with van der Waals surface area (Å²) in [5.74, 6) is 0. The molecular formula is C6I13O. The van der Waals surface area contributed by atoms with Gasteiger partial charge < -0.3 is 0 Å². The van der Waals surface area contributed by atoms with Crippen molar-refractivity contribution >= 4 is 294 Å². The Morgan fingerprint density at radius 2 is 0.650 bits per heavy atom. The van der Waals surface area contributed by atoms with Gasteiger partial charge in [0, 0.05) is 0 Å². The Hall–Kier alpha value is 9.45. The van der Waals surface area contributed by atoms with Crippen molar-refractivity contribution in [3.05, 3.63) is 0 Å². The molecule has 0 amide bonds. The second-order valence-electron chi connectivity index (χ2n) is 3.31. The van der Waals surface area contributed by atoms with Gasteiger partial charge >= 0.3 is 0 Å². The lowest BCUT2D eigenvalue weighted by Crippen LogP contribution is -2.62. The molecule has 1 radical (unpaired) electrons. The number of hydrogen-bond acceptors (Lipinski definition) is 0. The van der Waals surface area contributed by atoms with Crippen molar-refractivity contribution in [1.82, 2.24) is 0 Å². The molecule has 0 heterocycles. The van der Waals surface area contributed by atoms with Crippen molar-refractivity contribution in [2.75, 3.05) is 0 Å². The second kappa shape index (κ2) is 10.4. The molecule has 0 rings (SSSR count). The molecule has 14 heteroatoms. The van der Waals surface area contributed by atoms with E-state index >= 15 is 0 Å². The minimum atomic E-state index is -1.10. The van der Waals surface area contributed by atoms with Crippen LogP contribution in [0.2, 0.25) is 0 Å². The summed E-state index contributed by atoms with van der Waals surface area (Å²) in [5.41, 5.74) is 0. The highest BCUT2D eigenvalue weighted by atomic mass is 127. The van der Waals surface area contributed by atoms with E-state index in [-0.39, 0.29) is 3.72 Å². The molecule has 0 N–H and O–H groups in total. The fourth-order valence-corrected chi connectivity index (χ4v) is 16.9. The van der Waals surface area contributed by atoms with Crippen molar-refractivity contribution in [1.29, 1.82) is 0 Å². The third kappa shape index (κ3) is 6.48. The zero-order valence-corrected chi connectivity index (χ0v) is 36.4. The first-order valence-electron chi connectivity index (χ1n) is 3.91. The third-order valence-electron chi connectivity index (χ3n) is 1.90. The number of alkyl halides is 13. The maximum absolute atomic E-state index is 12.7. The van der Waals surface area contributed by atoms with Gasteiger partial charge in [-0.1, -0.05) is 248 Å². The largest absolute Gasteiger partial charge is 0.229 e. The summed E-state index contributed by atoms with van der Waals surface area (Å²) in [6.45, 7) is 0.